The van der Waals surface area contributed by atoms with Crippen molar-refractivity contribution in [3.63, 3.8) is 0 Å². The Labute approximate surface area is 149 Å². The van der Waals surface area contributed by atoms with E-state index in [-0.39, 0.29) is 36.4 Å². The first-order valence-electron chi connectivity index (χ1n) is 7.70. The zero-order chi connectivity index (χ0) is 19.4. The topological polar surface area (TPSA) is 75.7 Å². The van der Waals surface area contributed by atoms with Gasteiger partial charge in [0.15, 0.2) is 0 Å². The van der Waals surface area contributed by atoms with Gasteiger partial charge in [0.1, 0.15) is 5.75 Å². The average Bonchev–Trinajstić information content (AvgIpc) is 2.58. The minimum absolute atomic E-state index is 0.0842. The summed E-state index contributed by atoms with van der Waals surface area (Å²) >= 11 is 0. The maximum absolute atomic E-state index is 12.6. The Morgan fingerprint density at radius 3 is 2.58 bits per heavy atom. The van der Waals surface area contributed by atoms with Gasteiger partial charge in [0.05, 0.1) is 11.4 Å². The van der Waals surface area contributed by atoms with E-state index in [2.05, 4.69) is 16.0 Å². The fourth-order valence-corrected chi connectivity index (χ4v) is 4.13. The van der Waals surface area contributed by atoms with Crippen molar-refractivity contribution in [3.05, 3.63) is 24.3 Å². The Kier molecular flexibility index (Phi) is 6.15. The lowest BCUT2D eigenvalue weighted by atomic mass is 9.97. The molecule has 0 saturated carbocycles. The number of hydrogen-bond acceptors (Lipinski definition) is 4. The number of sulfonamides is 1. The number of nitrogens with one attached hydrogen (secondary N) is 1. The molecule has 1 heterocycles. The van der Waals surface area contributed by atoms with Gasteiger partial charge >= 0.3 is 6.36 Å². The van der Waals surface area contributed by atoms with E-state index in [1.807, 2.05) is 0 Å². The number of hydrogen-bond donors (Lipinski definition) is 1. The number of halogens is 3. The number of carbonyl (C=O) groups is 1. The van der Waals surface area contributed by atoms with Crippen LogP contribution in [0.5, 0.6) is 5.75 Å². The van der Waals surface area contributed by atoms with E-state index in [1.165, 1.54) is 12.1 Å². The molecule has 10 heteroatoms. The van der Waals surface area contributed by atoms with Crippen molar-refractivity contribution in [2.24, 2.45) is 5.92 Å². The van der Waals surface area contributed by atoms with E-state index >= 15 is 0 Å². The smallest absolute Gasteiger partial charge is 0.406 e. The second-order valence-electron chi connectivity index (χ2n) is 5.62. The summed E-state index contributed by atoms with van der Waals surface area (Å²) in [7, 11) is -3.98. The fraction of sp³-hybridized carbons (Fsp3) is 0.438. The molecule has 1 amide bonds. The molecule has 0 aliphatic carbocycles. The molecule has 1 saturated heterocycles. The van der Waals surface area contributed by atoms with E-state index in [0.717, 1.165) is 16.4 Å². The summed E-state index contributed by atoms with van der Waals surface area (Å²) < 4.78 is 67.0. The number of ether oxygens (including phenoxy) is 1. The van der Waals surface area contributed by atoms with Crippen molar-refractivity contribution < 1.29 is 31.1 Å². The second kappa shape index (κ2) is 7.97. The first kappa shape index (κ1) is 20.1. The molecule has 142 valence electrons. The predicted octanol–water partition coefficient (Wildman–Crippen LogP) is 1.74. The Hall–Kier alpha value is -2.25. The molecule has 0 radical (unpaired) electrons. The van der Waals surface area contributed by atoms with Gasteiger partial charge in [-0.3, -0.25) is 4.79 Å². The van der Waals surface area contributed by atoms with Crippen LogP contribution in [0.15, 0.2) is 29.2 Å². The molecule has 0 bridgehead atoms. The van der Waals surface area contributed by atoms with Crippen molar-refractivity contribution >= 4 is 15.9 Å². The number of rotatable bonds is 5. The first-order valence-corrected chi connectivity index (χ1v) is 9.14. The number of terminal acetylenes is 1. The predicted molar refractivity (Wildman–Crippen MR) is 86.5 cm³/mol. The normalized spacial score (nSPS) is 16.7. The van der Waals surface area contributed by atoms with E-state index < -0.39 is 22.1 Å². The van der Waals surface area contributed by atoms with Gasteiger partial charge in [0.25, 0.3) is 0 Å². The van der Waals surface area contributed by atoms with Gasteiger partial charge in [0, 0.05) is 25.1 Å². The monoisotopic (exact) mass is 390 g/mol. The minimum Gasteiger partial charge on any atom is -0.406 e. The van der Waals surface area contributed by atoms with Crippen LogP contribution >= 0.6 is 0 Å². The highest BCUT2D eigenvalue weighted by atomic mass is 32.2. The third kappa shape index (κ3) is 5.12. The summed E-state index contributed by atoms with van der Waals surface area (Å²) in [5.74, 6) is 1.09. The van der Waals surface area contributed by atoms with Crippen LogP contribution in [0.3, 0.4) is 0 Å². The van der Waals surface area contributed by atoms with Crippen LogP contribution in [-0.4, -0.2) is 44.6 Å². The Bertz CT molecular complexity index is 794. The third-order valence-corrected chi connectivity index (χ3v) is 5.76. The highest BCUT2D eigenvalue weighted by molar-refractivity contribution is 7.89. The van der Waals surface area contributed by atoms with Crippen molar-refractivity contribution in [2.45, 2.75) is 24.1 Å². The van der Waals surface area contributed by atoms with Gasteiger partial charge < -0.3 is 10.1 Å². The minimum atomic E-state index is -4.91. The van der Waals surface area contributed by atoms with Gasteiger partial charge in [-0.15, -0.1) is 19.6 Å². The van der Waals surface area contributed by atoms with E-state index in [1.54, 1.807) is 0 Å². The van der Waals surface area contributed by atoms with Crippen molar-refractivity contribution in [2.75, 3.05) is 19.6 Å². The molecule has 6 nitrogen and oxygen atoms in total. The number of amides is 1. The molecule has 1 aromatic rings. The van der Waals surface area contributed by atoms with Crippen LogP contribution in [0, 0.1) is 18.3 Å². The molecule has 0 spiro atoms. The molecule has 1 aromatic carbocycles. The number of piperidine rings is 1. The zero-order valence-electron chi connectivity index (χ0n) is 13.6. The maximum Gasteiger partial charge on any atom is 0.573 e. The van der Waals surface area contributed by atoms with Crippen LogP contribution in [-0.2, 0) is 14.8 Å². The first-order chi connectivity index (χ1) is 12.1. The molecule has 1 aliphatic heterocycles. The van der Waals surface area contributed by atoms with Crippen molar-refractivity contribution in [3.8, 4) is 18.1 Å². The van der Waals surface area contributed by atoms with Crippen LogP contribution in [0.1, 0.15) is 12.8 Å². The number of benzene rings is 1. The summed E-state index contributed by atoms with van der Waals surface area (Å²) in [4.78, 5) is 11.6. The lowest BCUT2D eigenvalue weighted by Crippen LogP contribution is -2.43. The Morgan fingerprint density at radius 1 is 1.35 bits per heavy atom. The molecule has 0 unspecified atom stereocenters. The molecular formula is C16H17F3N2O4S. The lowest BCUT2D eigenvalue weighted by Gasteiger charge is -2.30. The summed E-state index contributed by atoms with van der Waals surface area (Å²) in [6, 6.07) is 4.22. The highest BCUT2D eigenvalue weighted by Gasteiger charge is 2.34. The van der Waals surface area contributed by atoms with Crippen LogP contribution in [0.25, 0.3) is 0 Å². The summed E-state index contributed by atoms with van der Waals surface area (Å²) in [6.45, 7) is 0.269. The molecule has 1 fully saturated rings. The number of carbonyl (C=O) groups excluding carboxylic acids is 1. The standard InChI is InChI=1S/C16H17F3N2O4S/c1-2-8-20-15(22)12-6-9-21(10-7-12)26(23,24)14-5-3-4-13(11-14)25-16(17,18)19/h1,3-5,11-12H,6-10H2,(H,20,22). The summed E-state index contributed by atoms with van der Waals surface area (Å²) in [5, 5.41) is 2.55. The fourth-order valence-electron chi connectivity index (χ4n) is 2.62. The van der Waals surface area contributed by atoms with E-state index in [0.29, 0.717) is 12.8 Å². The Balaban J connectivity index is 2.07. The third-order valence-electron chi connectivity index (χ3n) is 3.87. The molecule has 26 heavy (non-hydrogen) atoms. The van der Waals surface area contributed by atoms with E-state index in [4.69, 9.17) is 6.42 Å². The lowest BCUT2D eigenvalue weighted by molar-refractivity contribution is -0.274. The largest absolute Gasteiger partial charge is 0.573 e. The molecule has 1 aliphatic rings. The van der Waals surface area contributed by atoms with Gasteiger partial charge in [-0.2, -0.15) is 4.31 Å². The number of alkyl halides is 3. The highest BCUT2D eigenvalue weighted by Crippen LogP contribution is 2.28. The summed E-state index contributed by atoms with van der Waals surface area (Å²) in [5.41, 5.74) is 0. The molecule has 1 N–H and O–H groups in total. The Morgan fingerprint density at radius 2 is 2.00 bits per heavy atom. The van der Waals surface area contributed by atoms with E-state index in [9.17, 15) is 26.4 Å². The van der Waals surface area contributed by atoms with Gasteiger partial charge in [-0.25, -0.2) is 8.42 Å². The summed E-state index contributed by atoms with van der Waals surface area (Å²) in [6.07, 6.45) is 0.757. The molecule has 2 rings (SSSR count). The molecule has 0 atom stereocenters. The number of nitrogens with zero attached hydrogens (tertiary/aromatic N) is 1. The molecular weight excluding hydrogens is 373 g/mol. The van der Waals surface area contributed by atoms with Gasteiger partial charge in [0.2, 0.25) is 15.9 Å². The second-order valence-corrected chi connectivity index (χ2v) is 7.56. The van der Waals surface area contributed by atoms with Crippen molar-refractivity contribution in [1.82, 2.24) is 9.62 Å². The van der Waals surface area contributed by atoms with Gasteiger partial charge in [-0.05, 0) is 25.0 Å². The average molecular weight is 390 g/mol. The van der Waals surface area contributed by atoms with Crippen LogP contribution in [0.2, 0.25) is 0 Å². The van der Waals surface area contributed by atoms with Crippen molar-refractivity contribution in [1.29, 1.82) is 0 Å². The maximum atomic E-state index is 12.6. The van der Waals surface area contributed by atoms with Gasteiger partial charge in [-0.1, -0.05) is 12.0 Å². The SMILES string of the molecule is C#CCNC(=O)C1CCN(S(=O)(=O)c2cccc(OC(F)(F)F)c2)CC1. The molecule has 0 aromatic heterocycles. The zero-order valence-corrected chi connectivity index (χ0v) is 14.4. The quantitative estimate of drug-likeness (QED) is 0.777. The van der Waals surface area contributed by atoms with Crippen LogP contribution < -0.4 is 10.1 Å². The van der Waals surface area contributed by atoms with Crippen LogP contribution in [0.4, 0.5) is 13.2 Å².